The zero-order valence-corrected chi connectivity index (χ0v) is 13.8. The van der Waals surface area contributed by atoms with Crippen LogP contribution >= 0.6 is 11.6 Å². The fourth-order valence-electron chi connectivity index (χ4n) is 2.58. The van der Waals surface area contributed by atoms with Crippen LogP contribution in [0.2, 0.25) is 5.02 Å². The van der Waals surface area contributed by atoms with Crippen LogP contribution in [-0.4, -0.2) is 37.7 Å². The second kappa shape index (κ2) is 5.98. The van der Waals surface area contributed by atoms with Crippen LogP contribution in [0, 0.1) is 0 Å². The molecule has 0 aliphatic carbocycles. The van der Waals surface area contributed by atoms with Crippen molar-refractivity contribution in [2.75, 3.05) is 24.2 Å². The summed E-state index contributed by atoms with van der Waals surface area (Å²) in [4.78, 5) is 11.2. The van der Waals surface area contributed by atoms with E-state index in [0.717, 1.165) is 48.9 Å². The SMILES string of the molecule is CS(=O)(=O)NCc1nc(N2CCCC2)c2cc(Cl)ccc2n1. The zero-order chi connectivity index (χ0) is 15.7. The highest BCUT2D eigenvalue weighted by Gasteiger charge is 2.18. The summed E-state index contributed by atoms with van der Waals surface area (Å²) in [6.07, 6.45) is 3.38. The van der Waals surface area contributed by atoms with Gasteiger partial charge in [-0.2, -0.15) is 0 Å². The maximum absolute atomic E-state index is 11.3. The summed E-state index contributed by atoms with van der Waals surface area (Å²) in [7, 11) is -3.28. The fraction of sp³-hybridized carbons (Fsp3) is 0.429. The second-order valence-electron chi connectivity index (χ2n) is 5.41. The highest BCUT2D eigenvalue weighted by atomic mass is 35.5. The Kier molecular flexibility index (Phi) is 4.20. The van der Waals surface area contributed by atoms with Gasteiger partial charge in [-0.25, -0.2) is 23.1 Å². The van der Waals surface area contributed by atoms with E-state index in [1.807, 2.05) is 12.1 Å². The molecule has 0 unspecified atom stereocenters. The Bertz CT molecular complexity index is 804. The third kappa shape index (κ3) is 3.48. The van der Waals surface area contributed by atoms with Crippen molar-refractivity contribution >= 4 is 38.3 Å². The van der Waals surface area contributed by atoms with Gasteiger partial charge in [-0.3, -0.25) is 0 Å². The molecule has 1 saturated heterocycles. The molecule has 1 aromatic heterocycles. The average molecular weight is 341 g/mol. The molecule has 0 atom stereocenters. The van der Waals surface area contributed by atoms with Crippen LogP contribution in [0.4, 0.5) is 5.82 Å². The highest BCUT2D eigenvalue weighted by molar-refractivity contribution is 7.88. The lowest BCUT2D eigenvalue weighted by Crippen LogP contribution is -2.24. The van der Waals surface area contributed by atoms with Crippen LogP contribution in [0.3, 0.4) is 0 Å². The van der Waals surface area contributed by atoms with E-state index in [1.54, 1.807) is 6.07 Å². The van der Waals surface area contributed by atoms with Crippen LogP contribution in [-0.2, 0) is 16.6 Å². The second-order valence-corrected chi connectivity index (χ2v) is 7.68. The number of fused-ring (bicyclic) bond motifs is 1. The molecule has 0 amide bonds. The number of anilines is 1. The Morgan fingerprint density at radius 3 is 2.68 bits per heavy atom. The predicted molar refractivity (Wildman–Crippen MR) is 87.7 cm³/mol. The van der Waals surface area contributed by atoms with Crippen molar-refractivity contribution in [3.63, 3.8) is 0 Å². The lowest BCUT2D eigenvalue weighted by atomic mass is 10.2. The number of aromatic nitrogens is 2. The molecule has 1 fully saturated rings. The first-order chi connectivity index (χ1) is 10.4. The van der Waals surface area contributed by atoms with Crippen molar-refractivity contribution in [2.45, 2.75) is 19.4 Å². The Labute approximate surface area is 134 Å². The summed E-state index contributed by atoms with van der Waals surface area (Å²) in [5.74, 6) is 1.29. The Morgan fingerprint density at radius 2 is 2.00 bits per heavy atom. The number of hydrogen-bond acceptors (Lipinski definition) is 5. The first-order valence-electron chi connectivity index (χ1n) is 7.08. The smallest absolute Gasteiger partial charge is 0.209 e. The summed E-state index contributed by atoms with van der Waals surface area (Å²) >= 11 is 6.09. The van der Waals surface area contributed by atoms with Gasteiger partial charge in [0, 0.05) is 23.5 Å². The van der Waals surface area contributed by atoms with Crippen molar-refractivity contribution < 1.29 is 8.42 Å². The Balaban J connectivity index is 2.05. The summed E-state index contributed by atoms with van der Waals surface area (Å²) in [6, 6.07) is 5.47. The lowest BCUT2D eigenvalue weighted by Gasteiger charge is -2.19. The summed E-state index contributed by atoms with van der Waals surface area (Å²) in [5, 5.41) is 1.54. The average Bonchev–Trinajstić information content (AvgIpc) is 2.97. The Morgan fingerprint density at radius 1 is 1.27 bits per heavy atom. The molecule has 0 spiro atoms. The predicted octanol–water partition coefficient (Wildman–Crippen LogP) is 1.93. The molecule has 1 aromatic carbocycles. The van der Waals surface area contributed by atoms with Crippen molar-refractivity contribution in [3.8, 4) is 0 Å². The van der Waals surface area contributed by atoms with Crippen LogP contribution in [0.5, 0.6) is 0 Å². The fourth-order valence-corrected chi connectivity index (χ4v) is 3.14. The van der Waals surface area contributed by atoms with E-state index in [4.69, 9.17) is 11.6 Å². The summed E-state index contributed by atoms with van der Waals surface area (Å²) in [6.45, 7) is 1.97. The number of nitrogens with one attached hydrogen (secondary N) is 1. The number of nitrogens with zero attached hydrogens (tertiary/aromatic N) is 3. The largest absolute Gasteiger partial charge is 0.356 e. The molecule has 0 bridgehead atoms. The van der Waals surface area contributed by atoms with Gasteiger partial charge in [0.15, 0.2) is 0 Å². The van der Waals surface area contributed by atoms with Gasteiger partial charge in [-0.1, -0.05) is 11.6 Å². The lowest BCUT2D eigenvalue weighted by molar-refractivity contribution is 0.585. The topological polar surface area (TPSA) is 75.2 Å². The van der Waals surface area contributed by atoms with Crippen molar-refractivity contribution in [2.24, 2.45) is 0 Å². The van der Waals surface area contributed by atoms with Gasteiger partial charge in [0.1, 0.15) is 11.6 Å². The van der Waals surface area contributed by atoms with Crippen LogP contribution in [0.1, 0.15) is 18.7 Å². The van der Waals surface area contributed by atoms with Gasteiger partial charge in [0.25, 0.3) is 0 Å². The number of rotatable bonds is 4. The normalized spacial score (nSPS) is 15.6. The minimum absolute atomic E-state index is 0.0816. The van der Waals surface area contributed by atoms with Gasteiger partial charge in [0.05, 0.1) is 18.3 Å². The number of benzene rings is 1. The van der Waals surface area contributed by atoms with Crippen LogP contribution in [0.25, 0.3) is 10.9 Å². The van der Waals surface area contributed by atoms with Gasteiger partial charge < -0.3 is 4.90 Å². The third-order valence-corrected chi connectivity index (χ3v) is 4.49. The molecular formula is C14H17ClN4O2S. The van der Waals surface area contributed by atoms with Gasteiger partial charge in [-0.05, 0) is 31.0 Å². The molecule has 1 N–H and O–H groups in total. The van der Waals surface area contributed by atoms with E-state index in [2.05, 4.69) is 19.6 Å². The maximum atomic E-state index is 11.3. The molecule has 0 saturated carbocycles. The summed E-state index contributed by atoms with van der Waals surface area (Å²) in [5.41, 5.74) is 0.770. The van der Waals surface area contributed by atoms with Crippen LogP contribution < -0.4 is 9.62 Å². The Hall–Kier alpha value is -1.44. The monoisotopic (exact) mass is 340 g/mol. The van der Waals surface area contributed by atoms with E-state index in [9.17, 15) is 8.42 Å². The van der Waals surface area contributed by atoms with Gasteiger partial charge in [-0.15, -0.1) is 0 Å². The molecule has 8 heteroatoms. The first-order valence-corrected chi connectivity index (χ1v) is 9.35. The van der Waals surface area contributed by atoms with E-state index in [0.29, 0.717) is 10.8 Å². The van der Waals surface area contributed by atoms with E-state index in [1.165, 1.54) is 0 Å². The van der Waals surface area contributed by atoms with E-state index >= 15 is 0 Å². The van der Waals surface area contributed by atoms with E-state index < -0.39 is 10.0 Å². The number of sulfonamides is 1. The summed E-state index contributed by atoms with van der Waals surface area (Å²) < 4.78 is 25.0. The molecule has 2 aromatic rings. The molecular weight excluding hydrogens is 324 g/mol. The minimum atomic E-state index is -3.28. The zero-order valence-electron chi connectivity index (χ0n) is 12.2. The number of hydrogen-bond donors (Lipinski definition) is 1. The number of halogens is 1. The van der Waals surface area contributed by atoms with Crippen molar-refractivity contribution in [1.82, 2.24) is 14.7 Å². The van der Waals surface area contributed by atoms with Crippen molar-refractivity contribution in [3.05, 3.63) is 29.0 Å². The maximum Gasteiger partial charge on any atom is 0.209 e. The highest BCUT2D eigenvalue weighted by Crippen LogP contribution is 2.29. The van der Waals surface area contributed by atoms with E-state index in [-0.39, 0.29) is 6.54 Å². The van der Waals surface area contributed by atoms with Gasteiger partial charge in [0.2, 0.25) is 10.0 Å². The molecule has 22 heavy (non-hydrogen) atoms. The standard InChI is InChI=1S/C14H17ClN4O2S/c1-22(20,21)16-9-13-17-12-5-4-10(15)8-11(12)14(18-13)19-6-2-3-7-19/h4-5,8,16H,2-3,6-7,9H2,1H3. The minimum Gasteiger partial charge on any atom is -0.356 e. The van der Waals surface area contributed by atoms with Crippen LogP contribution in [0.15, 0.2) is 18.2 Å². The van der Waals surface area contributed by atoms with Gasteiger partial charge >= 0.3 is 0 Å². The quantitative estimate of drug-likeness (QED) is 0.920. The molecule has 3 rings (SSSR count). The molecule has 118 valence electrons. The molecule has 2 heterocycles. The van der Waals surface area contributed by atoms with Crippen molar-refractivity contribution in [1.29, 1.82) is 0 Å². The third-order valence-electron chi connectivity index (χ3n) is 3.58. The molecule has 1 aliphatic heterocycles. The molecule has 1 aliphatic rings. The molecule has 6 nitrogen and oxygen atoms in total. The first kappa shape index (κ1) is 15.5. The molecule has 0 radical (unpaired) electrons.